The highest BCUT2D eigenvalue weighted by Gasteiger charge is 2.16. The molecule has 1 N–H and O–H groups in total. The monoisotopic (exact) mass is 400 g/mol. The number of aryl methyl sites for hydroxylation is 1. The van der Waals surface area contributed by atoms with Gasteiger partial charge in [0.15, 0.2) is 0 Å². The van der Waals surface area contributed by atoms with E-state index in [0.717, 1.165) is 39.2 Å². The molecule has 2 heterocycles. The van der Waals surface area contributed by atoms with E-state index in [2.05, 4.69) is 24.6 Å². The molecule has 144 valence electrons. The third-order valence-corrected chi connectivity index (χ3v) is 5.21. The molecule has 1 atom stereocenters. The van der Waals surface area contributed by atoms with Gasteiger partial charge < -0.3 is 5.32 Å². The van der Waals surface area contributed by atoms with Gasteiger partial charge in [-0.1, -0.05) is 24.3 Å². The standard InChI is InChI=1S/C23H21N4OP/c1-15-6-7-17(13-20(15)22-5-3-4-12-24-22)26-23(28)21-14-25-27(16(21)2)18-8-10-19(29)11-9-18/h3-14H,29H2,1-2H3,(H,26,28). The van der Waals surface area contributed by atoms with Gasteiger partial charge in [0.2, 0.25) is 0 Å². The molecule has 2 aromatic carbocycles. The number of anilines is 1. The van der Waals surface area contributed by atoms with Crippen LogP contribution >= 0.6 is 9.24 Å². The van der Waals surface area contributed by atoms with Crippen molar-refractivity contribution in [3.8, 4) is 16.9 Å². The fourth-order valence-electron chi connectivity index (χ4n) is 3.20. The van der Waals surface area contributed by atoms with E-state index >= 15 is 0 Å². The van der Waals surface area contributed by atoms with Crippen LogP contribution in [-0.4, -0.2) is 20.7 Å². The second-order valence-corrected chi connectivity index (χ2v) is 7.51. The van der Waals surface area contributed by atoms with Crippen LogP contribution in [0.3, 0.4) is 0 Å². The summed E-state index contributed by atoms with van der Waals surface area (Å²) in [6, 6.07) is 19.6. The van der Waals surface area contributed by atoms with Crippen molar-refractivity contribution in [2.75, 3.05) is 5.32 Å². The number of nitrogens with zero attached hydrogens (tertiary/aromatic N) is 3. The van der Waals surface area contributed by atoms with Crippen LogP contribution in [0.15, 0.2) is 73.1 Å². The number of aromatic nitrogens is 3. The van der Waals surface area contributed by atoms with E-state index in [1.165, 1.54) is 0 Å². The molecular formula is C23H21N4OP. The van der Waals surface area contributed by atoms with Crippen molar-refractivity contribution in [3.63, 3.8) is 0 Å². The number of amides is 1. The van der Waals surface area contributed by atoms with Gasteiger partial charge in [-0.2, -0.15) is 5.10 Å². The van der Waals surface area contributed by atoms with Crippen LogP contribution in [0, 0.1) is 13.8 Å². The lowest BCUT2D eigenvalue weighted by Gasteiger charge is -2.10. The van der Waals surface area contributed by atoms with Gasteiger partial charge >= 0.3 is 0 Å². The molecule has 0 aliphatic rings. The summed E-state index contributed by atoms with van der Waals surface area (Å²) in [4.78, 5) is 17.3. The molecule has 5 nitrogen and oxygen atoms in total. The molecule has 1 unspecified atom stereocenters. The van der Waals surface area contributed by atoms with Gasteiger partial charge in [-0.05, 0) is 61.1 Å². The summed E-state index contributed by atoms with van der Waals surface area (Å²) in [6.45, 7) is 3.93. The minimum atomic E-state index is -0.188. The van der Waals surface area contributed by atoms with Crippen molar-refractivity contribution >= 4 is 26.1 Å². The van der Waals surface area contributed by atoms with E-state index in [9.17, 15) is 4.79 Å². The molecule has 6 heteroatoms. The Kier molecular flexibility index (Phi) is 5.24. The molecule has 2 aromatic heterocycles. The van der Waals surface area contributed by atoms with E-state index in [1.54, 1.807) is 17.1 Å². The molecule has 0 saturated heterocycles. The number of rotatable bonds is 4. The largest absolute Gasteiger partial charge is 0.322 e. The van der Waals surface area contributed by atoms with Crippen molar-refractivity contribution in [2.24, 2.45) is 0 Å². The maximum absolute atomic E-state index is 12.9. The molecule has 0 aliphatic carbocycles. The second-order valence-electron chi connectivity index (χ2n) is 6.85. The van der Waals surface area contributed by atoms with Crippen molar-refractivity contribution in [1.29, 1.82) is 0 Å². The van der Waals surface area contributed by atoms with Crippen LogP contribution in [0.25, 0.3) is 16.9 Å². The molecule has 0 aliphatic heterocycles. The summed E-state index contributed by atoms with van der Waals surface area (Å²) in [5.41, 5.74) is 5.94. The van der Waals surface area contributed by atoms with Gasteiger partial charge in [-0.15, -0.1) is 9.24 Å². The Labute approximate surface area is 172 Å². The Bertz CT molecular complexity index is 1170. The number of hydrogen-bond acceptors (Lipinski definition) is 3. The predicted molar refractivity (Wildman–Crippen MR) is 120 cm³/mol. The topological polar surface area (TPSA) is 59.8 Å². The average molecular weight is 400 g/mol. The van der Waals surface area contributed by atoms with Gasteiger partial charge in [0.25, 0.3) is 5.91 Å². The number of nitrogens with one attached hydrogen (secondary N) is 1. The second kappa shape index (κ2) is 7.98. The molecule has 0 spiro atoms. The zero-order valence-electron chi connectivity index (χ0n) is 16.3. The van der Waals surface area contributed by atoms with Gasteiger partial charge in [-0.25, -0.2) is 4.68 Å². The number of benzene rings is 2. The van der Waals surface area contributed by atoms with Crippen LogP contribution in [0.4, 0.5) is 5.69 Å². The van der Waals surface area contributed by atoms with Crippen molar-refractivity contribution in [3.05, 3.63) is 89.9 Å². The SMILES string of the molecule is Cc1ccc(NC(=O)c2cnn(-c3ccc(P)cc3)c2C)cc1-c1ccccn1. The highest BCUT2D eigenvalue weighted by molar-refractivity contribution is 7.27. The summed E-state index contributed by atoms with van der Waals surface area (Å²) < 4.78 is 1.77. The lowest BCUT2D eigenvalue weighted by Crippen LogP contribution is -2.13. The van der Waals surface area contributed by atoms with Gasteiger partial charge in [-0.3, -0.25) is 9.78 Å². The molecule has 0 saturated carbocycles. The summed E-state index contributed by atoms with van der Waals surface area (Å²) in [6.07, 6.45) is 3.37. The highest BCUT2D eigenvalue weighted by atomic mass is 31.0. The molecule has 0 fully saturated rings. The highest BCUT2D eigenvalue weighted by Crippen LogP contribution is 2.25. The van der Waals surface area contributed by atoms with Gasteiger partial charge in [0.1, 0.15) is 0 Å². The number of carbonyl (C=O) groups is 1. The molecule has 0 radical (unpaired) electrons. The third-order valence-electron chi connectivity index (χ3n) is 4.83. The fourth-order valence-corrected chi connectivity index (χ4v) is 3.40. The zero-order chi connectivity index (χ0) is 20.4. The van der Waals surface area contributed by atoms with E-state index in [-0.39, 0.29) is 5.91 Å². The predicted octanol–water partition coefficient (Wildman–Crippen LogP) is 4.30. The molecular weight excluding hydrogens is 379 g/mol. The fraction of sp³-hybridized carbons (Fsp3) is 0.0870. The summed E-state index contributed by atoms with van der Waals surface area (Å²) in [5.74, 6) is -0.188. The summed E-state index contributed by atoms with van der Waals surface area (Å²) in [5, 5.41) is 8.48. The van der Waals surface area contributed by atoms with E-state index in [1.807, 2.05) is 74.5 Å². The van der Waals surface area contributed by atoms with Crippen molar-refractivity contribution in [2.45, 2.75) is 13.8 Å². The van der Waals surface area contributed by atoms with Crippen molar-refractivity contribution in [1.82, 2.24) is 14.8 Å². The minimum absolute atomic E-state index is 0.188. The zero-order valence-corrected chi connectivity index (χ0v) is 17.4. The summed E-state index contributed by atoms with van der Waals surface area (Å²) >= 11 is 0. The van der Waals surface area contributed by atoms with E-state index < -0.39 is 0 Å². The molecule has 4 rings (SSSR count). The Morgan fingerprint density at radius 1 is 1.03 bits per heavy atom. The first-order chi connectivity index (χ1) is 14.0. The normalized spacial score (nSPS) is 10.7. The van der Waals surface area contributed by atoms with E-state index in [4.69, 9.17) is 0 Å². The van der Waals surface area contributed by atoms with Crippen LogP contribution in [-0.2, 0) is 0 Å². The van der Waals surface area contributed by atoms with Crippen LogP contribution in [0.2, 0.25) is 0 Å². The molecule has 29 heavy (non-hydrogen) atoms. The van der Waals surface area contributed by atoms with Crippen LogP contribution in [0.1, 0.15) is 21.6 Å². The number of hydrogen-bond donors (Lipinski definition) is 1. The average Bonchev–Trinajstić information content (AvgIpc) is 3.12. The molecule has 1 amide bonds. The Balaban J connectivity index is 1.60. The maximum atomic E-state index is 12.9. The Morgan fingerprint density at radius 3 is 2.55 bits per heavy atom. The van der Waals surface area contributed by atoms with Crippen molar-refractivity contribution < 1.29 is 4.79 Å². The smallest absolute Gasteiger partial charge is 0.259 e. The van der Waals surface area contributed by atoms with E-state index in [0.29, 0.717) is 5.56 Å². The molecule has 0 bridgehead atoms. The van der Waals surface area contributed by atoms with Crippen LogP contribution in [0.5, 0.6) is 0 Å². The quantitative estimate of drug-likeness (QED) is 0.520. The number of pyridine rings is 1. The first-order valence-electron chi connectivity index (χ1n) is 9.27. The lowest BCUT2D eigenvalue weighted by atomic mass is 10.0. The molecule has 4 aromatic rings. The number of carbonyl (C=O) groups excluding carboxylic acids is 1. The van der Waals surface area contributed by atoms with Gasteiger partial charge in [0, 0.05) is 17.4 Å². The minimum Gasteiger partial charge on any atom is -0.322 e. The maximum Gasteiger partial charge on any atom is 0.259 e. The van der Waals surface area contributed by atoms with Crippen LogP contribution < -0.4 is 10.6 Å². The third kappa shape index (κ3) is 3.96. The Hall–Kier alpha value is -3.30. The first-order valence-corrected chi connectivity index (χ1v) is 9.84. The summed E-state index contributed by atoms with van der Waals surface area (Å²) in [7, 11) is 2.66. The van der Waals surface area contributed by atoms with Gasteiger partial charge in [0.05, 0.1) is 28.8 Å². The Morgan fingerprint density at radius 2 is 1.83 bits per heavy atom. The first kappa shape index (κ1) is 19.0. The lowest BCUT2D eigenvalue weighted by molar-refractivity contribution is 0.102.